The maximum Gasteiger partial charge on any atom is 0.240 e. The molecule has 9 nitrogen and oxygen atoms in total. The van der Waals surface area contributed by atoms with Crippen LogP contribution in [0.15, 0.2) is 35.4 Å². The minimum Gasteiger partial charge on any atom is -0.471 e. The van der Waals surface area contributed by atoms with Gasteiger partial charge in [0.2, 0.25) is 21.9 Å². The summed E-state index contributed by atoms with van der Waals surface area (Å²) in [5.41, 5.74) is 0.751. The molecule has 1 aliphatic carbocycles. The van der Waals surface area contributed by atoms with Crippen molar-refractivity contribution in [2.75, 3.05) is 5.32 Å². The second kappa shape index (κ2) is 8.73. The quantitative estimate of drug-likeness (QED) is 0.622. The Bertz CT molecular complexity index is 1000. The molecular weight excluding hydrogens is 394 g/mol. The molecule has 1 aromatic carbocycles. The van der Waals surface area contributed by atoms with Crippen molar-refractivity contribution >= 4 is 21.7 Å². The smallest absolute Gasteiger partial charge is 0.240 e. The molecule has 1 unspecified atom stereocenters. The predicted molar refractivity (Wildman–Crippen MR) is 106 cm³/mol. The number of hydrogen-bond acceptors (Lipinski definition) is 8. The second-order valence-corrected chi connectivity index (χ2v) is 8.82. The lowest BCUT2D eigenvalue weighted by atomic mass is 10.2. The molecule has 1 fully saturated rings. The molecule has 0 radical (unpaired) electrons. The van der Waals surface area contributed by atoms with Gasteiger partial charge < -0.3 is 15.2 Å². The number of sulfonamides is 1. The van der Waals surface area contributed by atoms with Gasteiger partial charge in [-0.15, -0.1) is 0 Å². The van der Waals surface area contributed by atoms with Gasteiger partial charge in [-0.25, -0.2) is 18.1 Å². The number of benzene rings is 1. The SMILES string of the molecule is CC(C)NS(=O)(=O)c1ccc(Nc2ncc(C#N)c(OC3CCC[C@H]3O)n2)cc1. The number of hydrogen-bond donors (Lipinski definition) is 3. The summed E-state index contributed by atoms with van der Waals surface area (Å²) in [5, 5.41) is 22.2. The van der Waals surface area contributed by atoms with Crippen LogP contribution in [0.4, 0.5) is 11.6 Å². The van der Waals surface area contributed by atoms with E-state index >= 15 is 0 Å². The van der Waals surface area contributed by atoms with Gasteiger partial charge in [-0.3, -0.25) is 0 Å². The average Bonchev–Trinajstić information content (AvgIpc) is 3.06. The first-order valence-electron chi connectivity index (χ1n) is 9.30. The number of anilines is 2. The zero-order chi connectivity index (χ0) is 21.0. The fourth-order valence-corrected chi connectivity index (χ4v) is 4.26. The molecule has 0 amide bonds. The van der Waals surface area contributed by atoms with Gasteiger partial charge in [-0.1, -0.05) is 0 Å². The molecule has 1 heterocycles. The Kier molecular flexibility index (Phi) is 6.32. The van der Waals surface area contributed by atoms with Gasteiger partial charge in [0.25, 0.3) is 0 Å². The predicted octanol–water partition coefficient (Wildman–Crippen LogP) is 2.07. The third kappa shape index (κ3) is 5.20. The molecule has 1 saturated carbocycles. The van der Waals surface area contributed by atoms with Crippen LogP contribution < -0.4 is 14.8 Å². The first-order valence-corrected chi connectivity index (χ1v) is 10.8. The largest absolute Gasteiger partial charge is 0.471 e. The van der Waals surface area contributed by atoms with E-state index < -0.39 is 22.2 Å². The molecule has 0 bridgehead atoms. The van der Waals surface area contributed by atoms with E-state index in [2.05, 4.69) is 20.0 Å². The number of nitrogens with one attached hydrogen (secondary N) is 2. The standard InChI is InChI=1S/C19H23N5O4S/c1-12(2)24-29(26,27)15-8-6-14(7-9-15)22-19-21-11-13(10-20)18(23-19)28-17-5-3-4-16(17)25/h6-9,11-12,16-17,24-25H,3-5H2,1-2H3,(H,21,22,23)/t16-,17?/m1/s1. The molecule has 0 spiro atoms. The lowest BCUT2D eigenvalue weighted by Crippen LogP contribution is -2.30. The second-order valence-electron chi connectivity index (χ2n) is 7.10. The monoisotopic (exact) mass is 417 g/mol. The number of ether oxygens (including phenoxy) is 1. The molecule has 2 aromatic rings. The van der Waals surface area contributed by atoms with Gasteiger partial charge in [0, 0.05) is 11.7 Å². The van der Waals surface area contributed by atoms with Gasteiger partial charge >= 0.3 is 0 Å². The van der Waals surface area contributed by atoms with Gasteiger partial charge in [0.1, 0.15) is 17.7 Å². The van der Waals surface area contributed by atoms with E-state index in [0.29, 0.717) is 18.5 Å². The summed E-state index contributed by atoms with van der Waals surface area (Å²) in [5.74, 6) is 0.304. The average molecular weight is 417 g/mol. The van der Waals surface area contributed by atoms with Crippen molar-refractivity contribution < 1.29 is 18.3 Å². The first kappa shape index (κ1) is 21.0. The molecule has 2 atom stereocenters. The van der Waals surface area contributed by atoms with Crippen molar-refractivity contribution in [3.05, 3.63) is 36.0 Å². The van der Waals surface area contributed by atoms with Crippen molar-refractivity contribution in [2.45, 2.75) is 56.3 Å². The van der Waals surface area contributed by atoms with Crippen LogP contribution in [0.5, 0.6) is 5.88 Å². The molecule has 29 heavy (non-hydrogen) atoms. The van der Waals surface area contributed by atoms with E-state index in [1.807, 2.05) is 6.07 Å². The Morgan fingerprint density at radius 1 is 1.28 bits per heavy atom. The Morgan fingerprint density at radius 2 is 2.00 bits per heavy atom. The van der Waals surface area contributed by atoms with Crippen LogP contribution in [0.3, 0.4) is 0 Å². The molecule has 3 N–H and O–H groups in total. The fraction of sp³-hybridized carbons (Fsp3) is 0.421. The Hall–Kier alpha value is -2.74. The number of nitriles is 1. The minimum atomic E-state index is -3.57. The van der Waals surface area contributed by atoms with Crippen LogP contribution >= 0.6 is 0 Å². The lowest BCUT2D eigenvalue weighted by molar-refractivity contribution is 0.0572. The normalized spacial score (nSPS) is 19.1. The molecule has 1 aromatic heterocycles. The highest BCUT2D eigenvalue weighted by atomic mass is 32.2. The number of nitrogens with zero attached hydrogens (tertiary/aromatic N) is 3. The van der Waals surface area contributed by atoms with Crippen molar-refractivity contribution in [3.63, 3.8) is 0 Å². The molecule has 1 aliphatic rings. The van der Waals surface area contributed by atoms with Crippen LogP contribution in [-0.4, -0.2) is 41.7 Å². The number of aliphatic hydroxyl groups is 1. The van der Waals surface area contributed by atoms with E-state index in [4.69, 9.17) is 4.74 Å². The third-order valence-corrected chi connectivity index (χ3v) is 6.04. The topological polar surface area (TPSA) is 137 Å². The Labute approximate surface area is 169 Å². The third-order valence-electron chi connectivity index (χ3n) is 4.37. The Balaban J connectivity index is 1.76. The first-order chi connectivity index (χ1) is 13.8. The molecule has 10 heteroatoms. The maximum atomic E-state index is 12.2. The van der Waals surface area contributed by atoms with Gasteiger partial charge in [0.15, 0.2) is 0 Å². The van der Waals surface area contributed by atoms with Crippen molar-refractivity contribution in [1.82, 2.24) is 14.7 Å². The van der Waals surface area contributed by atoms with Crippen molar-refractivity contribution in [3.8, 4) is 11.9 Å². The minimum absolute atomic E-state index is 0.108. The van der Waals surface area contributed by atoms with E-state index in [-0.39, 0.29) is 28.3 Å². The highest BCUT2D eigenvalue weighted by Gasteiger charge is 2.28. The van der Waals surface area contributed by atoms with Crippen LogP contribution in [0, 0.1) is 11.3 Å². The molecule has 154 valence electrons. The highest BCUT2D eigenvalue weighted by Crippen LogP contribution is 2.26. The lowest BCUT2D eigenvalue weighted by Gasteiger charge is -2.17. The molecular formula is C19H23N5O4S. The van der Waals surface area contributed by atoms with Crippen LogP contribution in [0.1, 0.15) is 38.7 Å². The van der Waals surface area contributed by atoms with Crippen LogP contribution in [-0.2, 0) is 10.0 Å². The maximum absolute atomic E-state index is 12.2. The van der Waals surface area contributed by atoms with Crippen LogP contribution in [0.25, 0.3) is 0 Å². The summed E-state index contributed by atoms with van der Waals surface area (Å²) in [6.07, 6.45) is 2.56. The van der Waals surface area contributed by atoms with E-state index in [9.17, 15) is 18.8 Å². The Morgan fingerprint density at radius 3 is 2.59 bits per heavy atom. The van der Waals surface area contributed by atoms with Gasteiger partial charge in [-0.05, 0) is 57.4 Å². The fourth-order valence-electron chi connectivity index (χ4n) is 3.01. The number of rotatable bonds is 7. The van der Waals surface area contributed by atoms with Crippen LogP contribution in [0.2, 0.25) is 0 Å². The molecule has 0 aliphatic heterocycles. The van der Waals surface area contributed by atoms with Gasteiger partial charge in [-0.2, -0.15) is 10.2 Å². The molecule has 0 saturated heterocycles. The van der Waals surface area contributed by atoms with Crippen molar-refractivity contribution in [1.29, 1.82) is 5.26 Å². The van der Waals surface area contributed by atoms with Crippen molar-refractivity contribution in [2.24, 2.45) is 0 Å². The van der Waals surface area contributed by atoms with Gasteiger partial charge in [0.05, 0.1) is 17.2 Å². The van der Waals surface area contributed by atoms with E-state index in [1.165, 1.54) is 18.3 Å². The summed E-state index contributed by atoms with van der Waals surface area (Å²) < 4.78 is 32.6. The van der Waals surface area contributed by atoms with E-state index in [1.54, 1.807) is 26.0 Å². The number of aromatic nitrogens is 2. The zero-order valence-electron chi connectivity index (χ0n) is 16.2. The summed E-state index contributed by atoms with van der Waals surface area (Å²) in [7, 11) is -3.57. The zero-order valence-corrected chi connectivity index (χ0v) is 17.0. The summed E-state index contributed by atoms with van der Waals surface area (Å²) in [4.78, 5) is 8.48. The highest BCUT2D eigenvalue weighted by molar-refractivity contribution is 7.89. The summed E-state index contributed by atoms with van der Waals surface area (Å²) >= 11 is 0. The van der Waals surface area contributed by atoms with E-state index in [0.717, 1.165) is 6.42 Å². The molecule has 3 rings (SSSR count). The summed E-state index contributed by atoms with van der Waals surface area (Å²) in [6, 6.07) is 7.92. The summed E-state index contributed by atoms with van der Waals surface area (Å²) in [6.45, 7) is 3.50. The number of aliphatic hydroxyl groups excluding tert-OH is 1.